The second-order valence-corrected chi connectivity index (χ2v) is 5.79. The van der Waals surface area contributed by atoms with Crippen LogP contribution < -0.4 is 0 Å². The van der Waals surface area contributed by atoms with E-state index in [4.69, 9.17) is 27.9 Å². The fraction of sp³-hybridized carbons (Fsp3) is 0.500. The van der Waals surface area contributed by atoms with Crippen molar-refractivity contribution in [3.05, 3.63) is 33.8 Å². The first-order valence-electron chi connectivity index (χ1n) is 6.34. The monoisotopic (exact) mass is 301 g/mol. The van der Waals surface area contributed by atoms with Crippen molar-refractivity contribution >= 4 is 29.1 Å². The number of nitrogens with zero attached hydrogens (tertiary/aromatic N) is 1. The quantitative estimate of drug-likeness (QED) is 0.836. The van der Waals surface area contributed by atoms with Crippen molar-refractivity contribution in [2.24, 2.45) is 5.92 Å². The van der Waals surface area contributed by atoms with Crippen LogP contribution in [0.5, 0.6) is 0 Å². The fourth-order valence-electron chi connectivity index (χ4n) is 2.13. The predicted octanol–water partition coefficient (Wildman–Crippen LogP) is 3.55. The van der Waals surface area contributed by atoms with Crippen molar-refractivity contribution in [3.8, 4) is 0 Å². The van der Waals surface area contributed by atoms with Crippen LogP contribution in [0.1, 0.15) is 25.5 Å². The Bertz CT molecular complexity index is 477. The van der Waals surface area contributed by atoms with Gasteiger partial charge in [-0.15, -0.1) is 0 Å². The average molecular weight is 302 g/mol. The fourth-order valence-corrected chi connectivity index (χ4v) is 2.44. The summed E-state index contributed by atoms with van der Waals surface area (Å²) in [5, 5.41) is 1.03. The molecule has 5 heteroatoms. The highest BCUT2D eigenvalue weighted by molar-refractivity contribution is 6.42. The molecular weight excluding hydrogens is 285 g/mol. The minimum atomic E-state index is -0.133. The molecule has 1 atom stereocenters. The highest BCUT2D eigenvalue weighted by Gasteiger charge is 2.26. The van der Waals surface area contributed by atoms with Crippen molar-refractivity contribution in [1.29, 1.82) is 0 Å². The molecule has 0 N–H and O–H groups in total. The van der Waals surface area contributed by atoms with Gasteiger partial charge in [0.1, 0.15) is 6.10 Å². The Kier molecular flexibility index (Phi) is 4.71. The molecule has 19 heavy (non-hydrogen) atoms. The molecule has 1 aliphatic heterocycles. The number of amides is 1. The van der Waals surface area contributed by atoms with Crippen LogP contribution in [0, 0.1) is 5.92 Å². The molecule has 1 fully saturated rings. The second kappa shape index (κ2) is 6.12. The van der Waals surface area contributed by atoms with E-state index in [2.05, 4.69) is 0 Å². The third-order valence-corrected chi connectivity index (χ3v) is 3.93. The van der Waals surface area contributed by atoms with Gasteiger partial charge in [-0.3, -0.25) is 4.79 Å². The van der Waals surface area contributed by atoms with Crippen molar-refractivity contribution in [1.82, 2.24) is 4.90 Å². The summed E-state index contributed by atoms with van der Waals surface area (Å²) in [6.45, 7) is 5.57. The van der Waals surface area contributed by atoms with Gasteiger partial charge in [-0.05, 0) is 17.7 Å². The molecule has 2 rings (SSSR count). The topological polar surface area (TPSA) is 29.5 Å². The maximum atomic E-state index is 12.0. The molecule has 0 radical (unpaired) electrons. The predicted molar refractivity (Wildman–Crippen MR) is 76.6 cm³/mol. The molecule has 1 aliphatic rings. The lowest BCUT2D eigenvalue weighted by Crippen LogP contribution is -2.44. The van der Waals surface area contributed by atoms with Gasteiger partial charge in [0.25, 0.3) is 0 Å². The summed E-state index contributed by atoms with van der Waals surface area (Å²) >= 11 is 11.9. The number of morpholine rings is 1. The Balaban J connectivity index is 2.12. The van der Waals surface area contributed by atoms with Crippen LogP contribution in [0.2, 0.25) is 10.0 Å². The molecule has 0 saturated carbocycles. The largest absolute Gasteiger partial charge is 0.370 e. The number of rotatable bonds is 2. The van der Waals surface area contributed by atoms with Gasteiger partial charge in [-0.1, -0.05) is 43.1 Å². The van der Waals surface area contributed by atoms with Crippen molar-refractivity contribution in [3.63, 3.8) is 0 Å². The Morgan fingerprint density at radius 1 is 1.37 bits per heavy atom. The lowest BCUT2D eigenvalue weighted by atomic mass is 10.1. The van der Waals surface area contributed by atoms with Gasteiger partial charge < -0.3 is 9.64 Å². The summed E-state index contributed by atoms with van der Waals surface area (Å²) in [5.41, 5.74) is 0.954. The lowest BCUT2D eigenvalue weighted by Gasteiger charge is -2.34. The Morgan fingerprint density at radius 3 is 2.74 bits per heavy atom. The minimum absolute atomic E-state index is 0.00700. The molecule has 1 unspecified atom stereocenters. The van der Waals surface area contributed by atoms with E-state index in [1.807, 2.05) is 24.8 Å². The zero-order chi connectivity index (χ0) is 14.0. The normalized spacial score (nSPS) is 19.8. The van der Waals surface area contributed by atoms with Gasteiger partial charge in [0.05, 0.1) is 23.2 Å². The van der Waals surface area contributed by atoms with Gasteiger partial charge in [0.15, 0.2) is 0 Å². The van der Waals surface area contributed by atoms with Crippen LogP contribution in [0.15, 0.2) is 18.2 Å². The van der Waals surface area contributed by atoms with Crippen LogP contribution in [-0.4, -0.2) is 30.5 Å². The van der Waals surface area contributed by atoms with E-state index >= 15 is 0 Å². The van der Waals surface area contributed by atoms with Crippen LogP contribution in [-0.2, 0) is 9.53 Å². The Morgan fingerprint density at radius 2 is 2.11 bits per heavy atom. The minimum Gasteiger partial charge on any atom is -0.370 e. The lowest BCUT2D eigenvalue weighted by molar-refractivity contribution is -0.142. The molecule has 1 amide bonds. The highest BCUT2D eigenvalue weighted by Crippen LogP contribution is 2.29. The van der Waals surface area contributed by atoms with Crippen LogP contribution in [0.4, 0.5) is 0 Å². The number of carbonyl (C=O) groups is 1. The maximum Gasteiger partial charge on any atom is 0.225 e. The number of halogens is 2. The van der Waals surface area contributed by atoms with E-state index in [-0.39, 0.29) is 17.9 Å². The van der Waals surface area contributed by atoms with Gasteiger partial charge in [0, 0.05) is 12.5 Å². The highest BCUT2D eigenvalue weighted by atomic mass is 35.5. The molecule has 1 aromatic rings. The molecule has 0 aliphatic carbocycles. The summed E-state index contributed by atoms with van der Waals surface area (Å²) in [5.74, 6) is 0.168. The Hall–Kier alpha value is -0.770. The third-order valence-electron chi connectivity index (χ3n) is 3.19. The molecule has 0 spiro atoms. The first-order chi connectivity index (χ1) is 8.99. The van der Waals surface area contributed by atoms with Gasteiger partial charge in [-0.25, -0.2) is 0 Å². The number of hydrogen-bond donors (Lipinski definition) is 0. The van der Waals surface area contributed by atoms with Crippen LogP contribution in [0.3, 0.4) is 0 Å². The van der Waals surface area contributed by atoms with Crippen LogP contribution in [0.25, 0.3) is 0 Å². The van der Waals surface area contributed by atoms with E-state index in [1.165, 1.54) is 0 Å². The van der Waals surface area contributed by atoms with E-state index in [0.717, 1.165) is 5.56 Å². The summed E-state index contributed by atoms with van der Waals surface area (Å²) < 4.78 is 5.72. The second-order valence-electron chi connectivity index (χ2n) is 4.97. The SMILES string of the molecule is CC(C)C(=O)N1CCOC(c2ccc(Cl)c(Cl)c2)C1. The number of carbonyl (C=O) groups excluding carboxylic acids is 1. The number of benzene rings is 1. The first-order valence-corrected chi connectivity index (χ1v) is 7.10. The summed E-state index contributed by atoms with van der Waals surface area (Å²) in [6, 6.07) is 5.45. The molecule has 3 nitrogen and oxygen atoms in total. The molecule has 104 valence electrons. The standard InChI is InChI=1S/C14H17Cl2NO2/c1-9(2)14(18)17-5-6-19-13(8-17)10-3-4-11(15)12(16)7-10/h3-4,7,9,13H,5-6,8H2,1-2H3. The van der Waals surface area contributed by atoms with Gasteiger partial charge in [-0.2, -0.15) is 0 Å². The van der Waals surface area contributed by atoms with Crippen LogP contribution >= 0.6 is 23.2 Å². The third kappa shape index (κ3) is 3.41. The van der Waals surface area contributed by atoms with Crippen molar-refractivity contribution < 1.29 is 9.53 Å². The molecule has 0 aromatic heterocycles. The molecule has 0 bridgehead atoms. The Labute approximate surface area is 123 Å². The van der Waals surface area contributed by atoms with Crippen molar-refractivity contribution in [2.45, 2.75) is 20.0 Å². The van der Waals surface area contributed by atoms with Gasteiger partial charge in [0.2, 0.25) is 5.91 Å². The number of hydrogen-bond acceptors (Lipinski definition) is 2. The average Bonchev–Trinajstić information content (AvgIpc) is 2.41. The van der Waals surface area contributed by atoms with Gasteiger partial charge >= 0.3 is 0 Å². The summed E-state index contributed by atoms with van der Waals surface area (Å²) in [7, 11) is 0. The molecular formula is C14H17Cl2NO2. The number of ether oxygens (including phenoxy) is 1. The van der Waals surface area contributed by atoms with E-state index < -0.39 is 0 Å². The first kappa shape index (κ1) is 14.6. The smallest absolute Gasteiger partial charge is 0.225 e. The van der Waals surface area contributed by atoms with E-state index in [9.17, 15) is 4.79 Å². The van der Waals surface area contributed by atoms with E-state index in [1.54, 1.807) is 12.1 Å². The summed E-state index contributed by atoms with van der Waals surface area (Å²) in [4.78, 5) is 13.9. The molecule has 1 saturated heterocycles. The zero-order valence-electron chi connectivity index (χ0n) is 11.0. The maximum absolute atomic E-state index is 12.0. The molecule has 1 aromatic carbocycles. The summed E-state index contributed by atoms with van der Waals surface area (Å²) in [6.07, 6.45) is -0.133. The van der Waals surface area contributed by atoms with Crippen molar-refractivity contribution in [2.75, 3.05) is 19.7 Å². The zero-order valence-corrected chi connectivity index (χ0v) is 12.5. The molecule has 1 heterocycles. The van der Waals surface area contributed by atoms with E-state index in [0.29, 0.717) is 29.7 Å².